The molecule has 6 nitrogen and oxygen atoms in total. The van der Waals surface area contributed by atoms with Crippen molar-refractivity contribution in [3.63, 3.8) is 0 Å². The van der Waals surface area contributed by atoms with Crippen molar-refractivity contribution in [2.24, 2.45) is 0 Å². The zero-order valence-electron chi connectivity index (χ0n) is 12.0. The van der Waals surface area contributed by atoms with Gasteiger partial charge in [0.2, 0.25) is 0 Å². The maximum atomic E-state index is 12.1. The lowest BCUT2D eigenvalue weighted by Gasteiger charge is -2.06. The van der Waals surface area contributed by atoms with E-state index in [1.807, 2.05) is 37.3 Å². The smallest absolute Gasteiger partial charge is 0.338 e. The SMILES string of the molecule is Cc1ccc(COC(=O)c2cccc(-n3cnnn3)c2)cc1. The zero-order valence-corrected chi connectivity index (χ0v) is 12.0. The lowest BCUT2D eigenvalue weighted by atomic mass is 10.1. The highest BCUT2D eigenvalue weighted by atomic mass is 16.5. The van der Waals surface area contributed by atoms with Crippen LogP contribution in [0.4, 0.5) is 0 Å². The first-order valence-corrected chi connectivity index (χ1v) is 6.78. The molecule has 0 spiro atoms. The van der Waals surface area contributed by atoms with Crippen molar-refractivity contribution in [3.8, 4) is 5.69 Å². The van der Waals surface area contributed by atoms with Crippen LogP contribution in [0.2, 0.25) is 0 Å². The standard InChI is InChI=1S/C16H14N4O2/c1-12-5-7-13(8-6-12)10-22-16(21)14-3-2-4-15(9-14)20-11-17-18-19-20/h2-9,11H,10H2,1H3. The summed E-state index contributed by atoms with van der Waals surface area (Å²) in [5.74, 6) is -0.379. The normalized spacial score (nSPS) is 10.4. The summed E-state index contributed by atoms with van der Waals surface area (Å²) in [6, 6.07) is 14.8. The van der Waals surface area contributed by atoms with E-state index in [4.69, 9.17) is 4.74 Å². The summed E-state index contributed by atoms with van der Waals surface area (Å²) in [6.45, 7) is 2.26. The predicted molar refractivity (Wildman–Crippen MR) is 79.5 cm³/mol. The van der Waals surface area contributed by atoms with Crippen molar-refractivity contribution in [1.29, 1.82) is 0 Å². The molecule has 3 rings (SSSR count). The molecule has 0 fully saturated rings. The quantitative estimate of drug-likeness (QED) is 0.691. The maximum absolute atomic E-state index is 12.1. The van der Waals surface area contributed by atoms with E-state index >= 15 is 0 Å². The molecule has 0 saturated carbocycles. The Balaban J connectivity index is 1.70. The van der Waals surface area contributed by atoms with Gasteiger partial charge in [-0.3, -0.25) is 0 Å². The fourth-order valence-corrected chi connectivity index (χ4v) is 1.97. The van der Waals surface area contributed by atoms with Crippen LogP contribution in [0.3, 0.4) is 0 Å². The van der Waals surface area contributed by atoms with Crippen LogP contribution < -0.4 is 0 Å². The minimum absolute atomic E-state index is 0.244. The van der Waals surface area contributed by atoms with Gasteiger partial charge in [0.05, 0.1) is 11.3 Å². The first-order valence-electron chi connectivity index (χ1n) is 6.78. The van der Waals surface area contributed by atoms with Crippen LogP contribution in [0.5, 0.6) is 0 Å². The highest BCUT2D eigenvalue weighted by Gasteiger charge is 2.09. The van der Waals surface area contributed by atoms with Crippen molar-refractivity contribution < 1.29 is 9.53 Å². The third kappa shape index (κ3) is 3.17. The Morgan fingerprint density at radius 2 is 2.00 bits per heavy atom. The molecule has 1 aromatic heterocycles. The molecule has 0 bridgehead atoms. The number of aryl methyl sites for hydroxylation is 1. The molecule has 0 aliphatic rings. The summed E-state index contributed by atoms with van der Waals surface area (Å²) < 4.78 is 6.81. The molecule has 0 aliphatic carbocycles. The Labute approximate surface area is 127 Å². The van der Waals surface area contributed by atoms with Gasteiger partial charge < -0.3 is 4.74 Å². The van der Waals surface area contributed by atoms with Crippen LogP contribution in [0.25, 0.3) is 5.69 Å². The molecule has 110 valence electrons. The first-order chi connectivity index (χ1) is 10.7. The van der Waals surface area contributed by atoms with Crippen molar-refractivity contribution in [2.75, 3.05) is 0 Å². The molecule has 2 aromatic carbocycles. The minimum atomic E-state index is -0.379. The molecule has 0 unspecified atom stereocenters. The van der Waals surface area contributed by atoms with E-state index in [0.29, 0.717) is 11.3 Å². The van der Waals surface area contributed by atoms with Gasteiger partial charge in [-0.1, -0.05) is 35.9 Å². The fourth-order valence-electron chi connectivity index (χ4n) is 1.97. The van der Waals surface area contributed by atoms with Crippen LogP contribution in [-0.2, 0) is 11.3 Å². The van der Waals surface area contributed by atoms with E-state index in [-0.39, 0.29) is 12.6 Å². The Morgan fingerprint density at radius 3 is 2.73 bits per heavy atom. The molecular formula is C16H14N4O2. The summed E-state index contributed by atoms with van der Waals surface area (Å²) in [7, 11) is 0. The predicted octanol–water partition coefficient (Wildman–Crippen LogP) is 2.33. The van der Waals surface area contributed by atoms with E-state index in [1.54, 1.807) is 18.2 Å². The summed E-state index contributed by atoms with van der Waals surface area (Å²) in [5.41, 5.74) is 3.29. The minimum Gasteiger partial charge on any atom is -0.457 e. The van der Waals surface area contributed by atoms with Gasteiger partial charge in [-0.25, -0.2) is 9.48 Å². The van der Waals surface area contributed by atoms with Gasteiger partial charge in [0.1, 0.15) is 12.9 Å². The third-order valence-electron chi connectivity index (χ3n) is 3.19. The number of benzene rings is 2. The average molecular weight is 294 g/mol. The highest BCUT2D eigenvalue weighted by molar-refractivity contribution is 5.90. The van der Waals surface area contributed by atoms with Crippen LogP contribution in [0.1, 0.15) is 21.5 Å². The number of esters is 1. The van der Waals surface area contributed by atoms with Gasteiger partial charge in [0, 0.05) is 0 Å². The molecule has 0 N–H and O–H groups in total. The Bertz CT molecular complexity index is 767. The number of carbonyl (C=O) groups excluding carboxylic acids is 1. The Hall–Kier alpha value is -3.02. The molecule has 3 aromatic rings. The summed E-state index contributed by atoms with van der Waals surface area (Å²) in [5, 5.41) is 10.9. The number of hydrogen-bond donors (Lipinski definition) is 0. The van der Waals surface area contributed by atoms with Crippen molar-refractivity contribution in [1.82, 2.24) is 20.2 Å². The van der Waals surface area contributed by atoms with Crippen LogP contribution in [0.15, 0.2) is 54.9 Å². The number of ether oxygens (including phenoxy) is 1. The zero-order chi connectivity index (χ0) is 15.4. The lowest BCUT2D eigenvalue weighted by Crippen LogP contribution is -2.06. The van der Waals surface area contributed by atoms with E-state index in [1.165, 1.54) is 16.6 Å². The number of hydrogen-bond acceptors (Lipinski definition) is 5. The molecule has 0 radical (unpaired) electrons. The van der Waals surface area contributed by atoms with E-state index < -0.39 is 0 Å². The van der Waals surface area contributed by atoms with Crippen LogP contribution in [-0.4, -0.2) is 26.2 Å². The van der Waals surface area contributed by atoms with Gasteiger partial charge in [-0.2, -0.15) is 0 Å². The summed E-state index contributed by atoms with van der Waals surface area (Å²) >= 11 is 0. The largest absolute Gasteiger partial charge is 0.457 e. The summed E-state index contributed by atoms with van der Waals surface area (Å²) in [4.78, 5) is 12.1. The lowest BCUT2D eigenvalue weighted by molar-refractivity contribution is 0.0472. The van der Waals surface area contributed by atoms with Crippen LogP contribution >= 0.6 is 0 Å². The van der Waals surface area contributed by atoms with Gasteiger partial charge >= 0.3 is 5.97 Å². The molecule has 0 aliphatic heterocycles. The Kier molecular flexibility index (Phi) is 3.91. The van der Waals surface area contributed by atoms with Gasteiger partial charge in [-0.15, -0.1) is 5.10 Å². The second-order valence-electron chi connectivity index (χ2n) is 4.87. The molecule has 0 saturated heterocycles. The van der Waals surface area contributed by atoms with E-state index in [9.17, 15) is 4.79 Å². The number of nitrogens with zero attached hydrogens (tertiary/aromatic N) is 4. The van der Waals surface area contributed by atoms with Gasteiger partial charge in [-0.05, 0) is 41.1 Å². The van der Waals surface area contributed by atoms with Crippen molar-refractivity contribution >= 4 is 5.97 Å². The second kappa shape index (κ2) is 6.17. The van der Waals surface area contributed by atoms with E-state index in [0.717, 1.165) is 5.56 Å². The molecule has 6 heteroatoms. The summed E-state index contributed by atoms with van der Waals surface area (Å²) in [6.07, 6.45) is 1.47. The maximum Gasteiger partial charge on any atom is 0.338 e. The molecular weight excluding hydrogens is 280 g/mol. The molecule has 0 atom stereocenters. The van der Waals surface area contributed by atoms with Crippen molar-refractivity contribution in [3.05, 3.63) is 71.5 Å². The Morgan fingerprint density at radius 1 is 1.18 bits per heavy atom. The number of carbonyl (C=O) groups is 1. The second-order valence-corrected chi connectivity index (χ2v) is 4.87. The molecule has 0 amide bonds. The highest BCUT2D eigenvalue weighted by Crippen LogP contribution is 2.11. The molecule has 22 heavy (non-hydrogen) atoms. The van der Waals surface area contributed by atoms with E-state index in [2.05, 4.69) is 15.5 Å². The van der Waals surface area contributed by atoms with Crippen LogP contribution in [0, 0.1) is 6.92 Å². The molecule has 1 heterocycles. The third-order valence-corrected chi connectivity index (χ3v) is 3.19. The fraction of sp³-hybridized carbons (Fsp3) is 0.125. The van der Waals surface area contributed by atoms with Crippen molar-refractivity contribution in [2.45, 2.75) is 13.5 Å². The average Bonchev–Trinajstić information content (AvgIpc) is 3.09. The topological polar surface area (TPSA) is 69.9 Å². The van der Waals surface area contributed by atoms with Gasteiger partial charge in [0.25, 0.3) is 0 Å². The monoisotopic (exact) mass is 294 g/mol. The number of aromatic nitrogens is 4. The number of rotatable bonds is 4. The first kappa shape index (κ1) is 13.9. The van der Waals surface area contributed by atoms with Gasteiger partial charge in [0.15, 0.2) is 0 Å². The number of tetrazole rings is 1.